The number of furan rings is 1. The van der Waals surface area contributed by atoms with Crippen LogP contribution in [0.25, 0.3) is 0 Å². The Bertz CT molecular complexity index is 360. The summed E-state index contributed by atoms with van der Waals surface area (Å²) in [6.45, 7) is 0.565. The summed E-state index contributed by atoms with van der Waals surface area (Å²) >= 11 is 0. The summed E-state index contributed by atoms with van der Waals surface area (Å²) in [6.07, 6.45) is 6.02. The van der Waals surface area contributed by atoms with E-state index in [1.165, 1.54) is 0 Å². The third-order valence-electron chi connectivity index (χ3n) is 3.00. The van der Waals surface area contributed by atoms with Gasteiger partial charge in [0.2, 0.25) is 5.91 Å². The van der Waals surface area contributed by atoms with E-state index in [1.807, 2.05) is 6.07 Å². The Balaban J connectivity index is 1.94. The van der Waals surface area contributed by atoms with Crippen LogP contribution < -0.4 is 11.1 Å². The van der Waals surface area contributed by atoms with E-state index in [9.17, 15) is 4.79 Å². The van der Waals surface area contributed by atoms with Crippen LogP contribution in [0.15, 0.2) is 16.7 Å². The van der Waals surface area contributed by atoms with Crippen molar-refractivity contribution in [2.24, 2.45) is 5.73 Å². The zero-order valence-electron chi connectivity index (χ0n) is 9.37. The minimum absolute atomic E-state index is 0.0875. The summed E-state index contributed by atoms with van der Waals surface area (Å²) < 4.78 is 5.38. The number of hydrogen-bond donors (Lipinski definition) is 2. The topological polar surface area (TPSA) is 68.3 Å². The Hall–Kier alpha value is -1.29. The molecule has 1 amide bonds. The number of nitrogens with one attached hydrogen (secondary N) is 1. The molecule has 1 aliphatic rings. The average molecular weight is 222 g/mol. The zero-order valence-corrected chi connectivity index (χ0v) is 9.37. The second-order valence-electron chi connectivity index (χ2n) is 4.20. The van der Waals surface area contributed by atoms with Gasteiger partial charge in [0.15, 0.2) is 0 Å². The maximum absolute atomic E-state index is 11.6. The molecule has 88 valence electrons. The second-order valence-corrected chi connectivity index (χ2v) is 4.20. The van der Waals surface area contributed by atoms with Crippen LogP contribution in [0.2, 0.25) is 0 Å². The van der Waals surface area contributed by atoms with Crippen molar-refractivity contribution in [1.29, 1.82) is 0 Å². The van der Waals surface area contributed by atoms with Crippen molar-refractivity contribution in [3.05, 3.63) is 23.7 Å². The molecule has 0 aromatic carbocycles. The SMILES string of the molecule is NCCCC(=O)NC1CCCc2occc21. The molecular formula is C12H18N2O2. The van der Waals surface area contributed by atoms with Gasteiger partial charge in [-0.05, 0) is 31.9 Å². The van der Waals surface area contributed by atoms with E-state index in [1.54, 1.807) is 6.26 Å². The predicted molar refractivity (Wildman–Crippen MR) is 60.8 cm³/mol. The Labute approximate surface area is 95.2 Å². The molecule has 16 heavy (non-hydrogen) atoms. The van der Waals surface area contributed by atoms with Crippen LogP contribution in [-0.4, -0.2) is 12.5 Å². The number of amides is 1. The third-order valence-corrected chi connectivity index (χ3v) is 3.00. The molecule has 0 bridgehead atoms. The van der Waals surface area contributed by atoms with Crippen molar-refractivity contribution < 1.29 is 9.21 Å². The van der Waals surface area contributed by atoms with Gasteiger partial charge in [-0.1, -0.05) is 0 Å². The first-order valence-electron chi connectivity index (χ1n) is 5.87. The quantitative estimate of drug-likeness (QED) is 0.811. The second kappa shape index (κ2) is 5.16. The number of rotatable bonds is 4. The molecule has 1 aromatic rings. The van der Waals surface area contributed by atoms with E-state index < -0.39 is 0 Å². The fraction of sp³-hybridized carbons (Fsp3) is 0.583. The summed E-state index contributed by atoms with van der Waals surface area (Å²) in [6, 6.07) is 2.09. The molecule has 4 heteroatoms. The van der Waals surface area contributed by atoms with Gasteiger partial charge in [-0.15, -0.1) is 0 Å². The number of fused-ring (bicyclic) bond motifs is 1. The summed E-state index contributed by atoms with van der Waals surface area (Å²) in [5.74, 6) is 1.11. The largest absolute Gasteiger partial charge is 0.469 e. The molecule has 4 nitrogen and oxygen atoms in total. The monoisotopic (exact) mass is 222 g/mol. The van der Waals surface area contributed by atoms with E-state index in [4.69, 9.17) is 10.2 Å². The Morgan fingerprint density at radius 3 is 3.31 bits per heavy atom. The highest BCUT2D eigenvalue weighted by Crippen LogP contribution is 2.30. The summed E-state index contributed by atoms with van der Waals surface area (Å²) in [5, 5.41) is 3.04. The van der Waals surface area contributed by atoms with Crippen molar-refractivity contribution in [3.63, 3.8) is 0 Å². The molecule has 0 saturated carbocycles. The van der Waals surface area contributed by atoms with Gasteiger partial charge in [-0.25, -0.2) is 0 Å². The number of carbonyl (C=O) groups excluding carboxylic acids is 1. The molecule has 0 fully saturated rings. The van der Waals surface area contributed by atoms with Gasteiger partial charge in [0, 0.05) is 18.4 Å². The van der Waals surface area contributed by atoms with Crippen LogP contribution in [0.4, 0.5) is 0 Å². The van der Waals surface area contributed by atoms with Crippen LogP contribution in [0, 0.1) is 0 Å². The molecule has 2 rings (SSSR count). The average Bonchev–Trinajstić information content (AvgIpc) is 2.75. The lowest BCUT2D eigenvalue weighted by atomic mass is 9.93. The van der Waals surface area contributed by atoms with Crippen LogP contribution in [0.1, 0.15) is 43.0 Å². The van der Waals surface area contributed by atoms with E-state index >= 15 is 0 Å². The van der Waals surface area contributed by atoms with E-state index in [0.717, 1.165) is 37.0 Å². The molecular weight excluding hydrogens is 204 g/mol. The first-order valence-corrected chi connectivity index (χ1v) is 5.87. The molecule has 3 N–H and O–H groups in total. The van der Waals surface area contributed by atoms with Crippen molar-refractivity contribution in [3.8, 4) is 0 Å². The van der Waals surface area contributed by atoms with Crippen molar-refractivity contribution in [2.75, 3.05) is 6.54 Å². The van der Waals surface area contributed by atoms with Gasteiger partial charge < -0.3 is 15.5 Å². The van der Waals surface area contributed by atoms with E-state index in [2.05, 4.69) is 5.32 Å². The smallest absolute Gasteiger partial charge is 0.220 e. The van der Waals surface area contributed by atoms with Gasteiger partial charge in [-0.2, -0.15) is 0 Å². The van der Waals surface area contributed by atoms with Gasteiger partial charge in [0.25, 0.3) is 0 Å². The summed E-state index contributed by atoms with van der Waals surface area (Å²) in [5.41, 5.74) is 6.52. The lowest BCUT2D eigenvalue weighted by molar-refractivity contribution is -0.122. The van der Waals surface area contributed by atoms with Crippen molar-refractivity contribution in [1.82, 2.24) is 5.32 Å². The molecule has 1 aliphatic carbocycles. The number of nitrogens with two attached hydrogens (primary N) is 1. The summed E-state index contributed by atoms with van der Waals surface area (Å²) in [4.78, 5) is 11.6. The van der Waals surface area contributed by atoms with Crippen LogP contribution in [-0.2, 0) is 11.2 Å². The fourth-order valence-corrected chi connectivity index (χ4v) is 2.17. The molecule has 1 heterocycles. The number of aryl methyl sites for hydroxylation is 1. The summed E-state index contributed by atoms with van der Waals surface area (Å²) in [7, 11) is 0. The lowest BCUT2D eigenvalue weighted by Crippen LogP contribution is -2.30. The maximum atomic E-state index is 11.6. The van der Waals surface area contributed by atoms with Crippen molar-refractivity contribution >= 4 is 5.91 Å². The normalized spacial score (nSPS) is 19.2. The van der Waals surface area contributed by atoms with Gasteiger partial charge in [0.05, 0.1) is 12.3 Å². The van der Waals surface area contributed by atoms with Gasteiger partial charge in [0.1, 0.15) is 5.76 Å². The van der Waals surface area contributed by atoms with Gasteiger partial charge in [-0.3, -0.25) is 4.79 Å². The minimum atomic E-state index is 0.0875. The molecule has 0 aliphatic heterocycles. The predicted octanol–water partition coefficient (Wildman–Crippen LogP) is 1.51. The number of carbonyl (C=O) groups is 1. The first kappa shape index (κ1) is 11.2. The van der Waals surface area contributed by atoms with Crippen molar-refractivity contribution in [2.45, 2.75) is 38.1 Å². The molecule has 0 spiro atoms. The van der Waals surface area contributed by atoms with Crippen LogP contribution in [0.5, 0.6) is 0 Å². The molecule has 0 saturated heterocycles. The number of hydrogen-bond acceptors (Lipinski definition) is 3. The maximum Gasteiger partial charge on any atom is 0.220 e. The highest BCUT2D eigenvalue weighted by Gasteiger charge is 2.23. The van der Waals surface area contributed by atoms with E-state index in [0.29, 0.717) is 13.0 Å². The Kier molecular flexibility index (Phi) is 3.62. The minimum Gasteiger partial charge on any atom is -0.469 e. The Morgan fingerprint density at radius 2 is 2.50 bits per heavy atom. The zero-order chi connectivity index (χ0) is 11.4. The molecule has 1 atom stereocenters. The molecule has 1 aromatic heterocycles. The highest BCUT2D eigenvalue weighted by molar-refractivity contribution is 5.76. The fourth-order valence-electron chi connectivity index (χ4n) is 2.17. The van der Waals surface area contributed by atoms with Crippen LogP contribution >= 0.6 is 0 Å². The van der Waals surface area contributed by atoms with E-state index in [-0.39, 0.29) is 11.9 Å². The highest BCUT2D eigenvalue weighted by atomic mass is 16.3. The third kappa shape index (κ3) is 2.44. The molecule has 0 radical (unpaired) electrons. The Morgan fingerprint density at radius 1 is 1.62 bits per heavy atom. The molecule has 1 unspecified atom stereocenters. The van der Waals surface area contributed by atoms with Crippen LogP contribution in [0.3, 0.4) is 0 Å². The van der Waals surface area contributed by atoms with Gasteiger partial charge >= 0.3 is 0 Å². The lowest BCUT2D eigenvalue weighted by Gasteiger charge is -2.22. The first-order chi connectivity index (χ1) is 7.81. The standard InChI is InChI=1S/C12H18N2O2/c13-7-2-5-12(15)14-10-3-1-4-11-9(10)6-8-16-11/h6,8,10H,1-5,7,13H2,(H,14,15).